The van der Waals surface area contributed by atoms with Crippen molar-refractivity contribution < 1.29 is 17.9 Å². The maximum atomic E-state index is 12.7. The van der Waals surface area contributed by atoms with Crippen LogP contribution in [-0.2, 0) is 0 Å². The molecule has 0 aromatic heterocycles. The highest BCUT2D eigenvalue weighted by Crippen LogP contribution is 2.25. The van der Waals surface area contributed by atoms with Crippen molar-refractivity contribution in [3.05, 3.63) is 54.6 Å². The summed E-state index contributed by atoms with van der Waals surface area (Å²) in [6.45, 7) is -3.56. The molecule has 0 aliphatic rings. The maximum Gasteiger partial charge on any atom is 0.119 e. The molecule has 112 valence electrons. The molecule has 0 N–H and O–H groups in total. The Morgan fingerprint density at radius 1 is 0.714 bits per heavy atom. The smallest absolute Gasteiger partial charge is 0.119 e. The minimum atomic E-state index is -1.68. The van der Waals surface area contributed by atoms with Gasteiger partial charge in [-0.05, 0) is 23.3 Å². The van der Waals surface area contributed by atoms with Crippen molar-refractivity contribution in [3.8, 4) is 16.9 Å². The number of ether oxygens (including phenoxy) is 1. The first-order chi connectivity index (χ1) is 10.2. The van der Waals surface area contributed by atoms with Gasteiger partial charge in [-0.2, -0.15) is 0 Å². The quantitative estimate of drug-likeness (QED) is 0.723. The molecule has 2 aromatic carbocycles. The molecule has 0 amide bonds. The molecule has 0 saturated heterocycles. The van der Waals surface area contributed by atoms with Crippen LogP contribution in [-0.4, -0.2) is 26.6 Å². The molecule has 21 heavy (non-hydrogen) atoms. The summed E-state index contributed by atoms with van der Waals surface area (Å²) in [5, 5.41) is 0. The second-order valence-corrected chi connectivity index (χ2v) is 5.08. The first-order valence-electron chi connectivity index (χ1n) is 6.69. The van der Waals surface area contributed by atoms with Crippen LogP contribution >= 0.6 is 0 Å². The lowest BCUT2D eigenvalue weighted by molar-refractivity contribution is 0.0543. The Labute approximate surface area is 122 Å². The summed E-state index contributed by atoms with van der Waals surface area (Å²) in [6.07, 6.45) is 0. The van der Waals surface area contributed by atoms with Crippen LogP contribution in [0.25, 0.3) is 11.1 Å². The van der Waals surface area contributed by atoms with E-state index in [1.807, 2.05) is 42.5 Å². The molecule has 0 spiro atoms. The summed E-state index contributed by atoms with van der Waals surface area (Å²) >= 11 is 0. The molecule has 0 aliphatic carbocycles. The summed E-state index contributed by atoms with van der Waals surface area (Å²) < 4.78 is 43.5. The Kier molecular flexibility index (Phi) is 5.26. The Morgan fingerprint density at radius 2 is 1.24 bits per heavy atom. The van der Waals surface area contributed by atoms with E-state index >= 15 is 0 Å². The summed E-state index contributed by atoms with van der Waals surface area (Å²) in [6, 6.07) is 16.9. The second-order valence-electron chi connectivity index (χ2n) is 5.08. The van der Waals surface area contributed by atoms with Gasteiger partial charge in [-0.25, -0.2) is 0 Å². The van der Waals surface area contributed by atoms with E-state index in [4.69, 9.17) is 4.74 Å². The summed E-state index contributed by atoms with van der Waals surface area (Å²) in [4.78, 5) is 0. The van der Waals surface area contributed by atoms with Crippen molar-refractivity contribution in [1.29, 1.82) is 0 Å². The first-order valence-corrected chi connectivity index (χ1v) is 6.69. The number of alkyl halides is 3. The Balaban J connectivity index is 2.03. The zero-order chi connectivity index (χ0) is 15.1. The molecule has 0 atom stereocenters. The molecule has 0 bridgehead atoms. The van der Waals surface area contributed by atoms with E-state index in [1.165, 1.54) is 0 Å². The molecule has 1 nitrogen and oxygen atoms in total. The van der Waals surface area contributed by atoms with E-state index in [0.717, 1.165) is 11.1 Å². The fourth-order valence-corrected chi connectivity index (χ4v) is 1.83. The van der Waals surface area contributed by atoms with Crippen molar-refractivity contribution in [3.63, 3.8) is 0 Å². The van der Waals surface area contributed by atoms with Gasteiger partial charge in [-0.1, -0.05) is 42.5 Å². The van der Waals surface area contributed by atoms with E-state index in [1.54, 1.807) is 12.1 Å². The first kappa shape index (κ1) is 15.4. The van der Waals surface area contributed by atoms with Crippen molar-refractivity contribution >= 4 is 0 Å². The van der Waals surface area contributed by atoms with Crippen LogP contribution in [0.3, 0.4) is 0 Å². The van der Waals surface area contributed by atoms with Gasteiger partial charge in [0.25, 0.3) is 0 Å². The van der Waals surface area contributed by atoms with Crippen LogP contribution < -0.4 is 4.74 Å². The van der Waals surface area contributed by atoms with E-state index in [9.17, 15) is 13.2 Å². The molecule has 0 aliphatic heterocycles. The lowest BCUT2D eigenvalue weighted by atomic mass is 9.95. The highest BCUT2D eigenvalue weighted by Gasteiger charge is 2.32. The summed E-state index contributed by atoms with van der Waals surface area (Å²) in [7, 11) is 0. The monoisotopic (exact) mass is 294 g/mol. The summed E-state index contributed by atoms with van der Waals surface area (Å²) in [5.41, 5.74) is 0.392. The number of rotatable bonds is 7. The zero-order valence-electron chi connectivity index (χ0n) is 11.6. The predicted octanol–water partition coefficient (Wildman–Crippen LogP) is 4.63. The molecular formula is C17H17F3O. The average Bonchev–Trinajstić information content (AvgIpc) is 2.58. The molecule has 0 unspecified atom stereocenters. The molecule has 0 radical (unpaired) electrons. The fraction of sp³-hybridized carbons (Fsp3) is 0.294. The molecule has 0 fully saturated rings. The van der Waals surface area contributed by atoms with Gasteiger partial charge in [0.1, 0.15) is 32.4 Å². The highest BCUT2D eigenvalue weighted by molar-refractivity contribution is 5.63. The van der Waals surface area contributed by atoms with E-state index in [2.05, 4.69) is 0 Å². The van der Waals surface area contributed by atoms with Gasteiger partial charge < -0.3 is 4.74 Å². The second kappa shape index (κ2) is 7.16. The highest BCUT2D eigenvalue weighted by atomic mass is 19.1. The number of benzene rings is 2. The lowest BCUT2D eigenvalue weighted by Gasteiger charge is -2.24. The minimum absolute atomic E-state index is 0.318. The average molecular weight is 294 g/mol. The Bertz CT molecular complexity index is 527. The topological polar surface area (TPSA) is 9.23 Å². The van der Waals surface area contributed by atoms with Gasteiger partial charge >= 0.3 is 0 Å². The Hall–Kier alpha value is -1.97. The third kappa shape index (κ3) is 3.78. The third-order valence-electron chi connectivity index (χ3n) is 3.36. The van der Waals surface area contributed by atoms with Crippen LogP contribution in [0.4, 0.5) is 13.2 Å². The van der Waals surface area contributed by atoms with Gasteiger partial charge in [0.15, 0.2) is 0 Å². The van der Waals surface area contributed by atoms with Crippen molar-refractivity contribution in [2.75, 3.05) is 26.6 Å². The van der Waals surface area contributed by atoms with Gasteiger partial charge in [0.2, 0.25) is 0 Å². The van der Waals surface area contributed by atoms with E-state index < -0.39 is 25.4 Å². The van der Waals surface area contributed by atoms with E-state index in [-0.39, 0.29) is 6.61 Å². The van der Waals surface area contributed by atoms with Crippen LogP contribution in [0, 0.1) is 5.41 Å². The van der Waals surface area contributed by atoms with Crippen LogP contribution in [0.1, 0.15) is 0 Å². The molecule has 2 rings (SSSR count). The molecule has 0 heterocycles. The van der Waals surface area contributed by atoms with Gasteiger partial charge in [0.05, 0.1) is 5.41 Å². The Morgan fingerprint density at radius 3 is 1.76 bits per heavy atom. The third-order valence-corrected chi connectivity index (χ3v) is 3.36. The van der Waals surface area contributed by atoms with Crippen molar-refractivity contribution in [1.82, 2.24) is 0 Å². The molecule has 4 heteroatoms. The van der Waals surface area contributed by atoms with Crippen molar-refractivity contribution in [2.45, 2.75) is 0 Å². The number of halogens is 3. The number of hydrogen-bond donors (Lipinski definition) is 0. The SMILES string of the molecule is FCC(CF)(CF)COc1ccc(-c2ccccc2)cc1. The normalized spacial score (nSPS) is 11.4. The van der Waals surface area contributed by atoms with Gasteiger partial charge in [-0.3, -0.25) is 13.2 Å². The zero-order valence-corrected chi connectivity index (χ0v) is 11.6. The molecular weight excluding hydrogens is 277 g/mol. The maximum absolute atomic E-state index is 12.7. The van der Waals surface area contributed by atoms with Crippen LogP contribution in [0.15, 0.2) is 54.6 Å². The largest absolute Gasteiger partial charge is 0.493 e. The van der Waals surface area contributed by atoms with E-state index in [0.29, 0.717) is 5.75 Å². The summed E-state index contributed by atoms with van der Waals surface area (Å²) in [5.74, 6) is 0.467. The lowest BCUT2D eigenvalue weighted by Crippen LogP contribution is -2.35. The van der Waals surface area contributed by atoms with Gasteiger partial charge in [-0.15, -0.1) is 0 Å². The van der Waals surface area contributed by atoms with Gasteiger partial charge in [0, 0.05) is 0 Å². The molecule has 2 aromatic rings. The van der Waals surface area contributed by atoms with Crippen LogP contribution in [0.5, 0.6) is 5.75 Å². The predicted molar refractivity (Wildman–Crippen MR) is 77.7 cm³/mol. The fourth-order valence-electron chi connectivity index (χ4n) is 1.83. The number of hydrogen-bond acceptors (Lipinski definition) is 1. The van der Waals surface area contributed by atoms with Crippen LogP contribution in [0.2, 0.25) is 0 Å². The minimum Gasteiger partial charge on any atom is -0.493 e. The van der Waals surface area contributed by atoms with Crippen molar-refractivity contribution in [2.24, 2.45) is 5.41 Å². The standard InChI is InChI=1S/C17H17F3O/c18-10-17(11-19,12-20)13-21-16-8-6-15(7-9-16)14-4-2-1-3-5-14/h1-9H,10-13H2. The molecule has 0 saturated carbocycles.